The number of hydrogen-bond acceptors (Lipinski definition) is 1. The molecule has 0 aliphatic carbocycles. The first-order valence-electron chi connectivity index (χ1n) is 5.68. The standard InChI is InChI=1S/C14H9Cl3N2/c15-8-14-18-12-6-10(16)11(17)7-13(12)19(14)9-4-2-1-3-5-9/h1-7H,8H2. The Hall–Kier alpha value is -1.22. The Morgan fingerprint density at radius 3 is 2.37 bits per heavy atom. The van der Waals surface area contributed by atoms with Crippen molar-refractivity contribution in [3.05, 3.63) is 58.3 Å². The predicted octanol–water partition coefficient (Wildman–Crippen LogP) is 5.07. The number of aromatic nitrogens is 2. The average molecular weight is 312 g/mol. The second kappa shape index (κ2) is 5.04. The number of halogens is 3. The van der Waals surface area contributed by atoms with Gasteiger partial charge in [0.25, 0.3) is 0 Å². The van der Waals surface area contributed by atoms with Crippen molar-refractivity contribution in [2.24, 2.45) is 0 Å². The highest BCUT2D eigenvalue weighted by Gasteiger charge is 2.13. The maximum atomic E-state index is 6.09. The van der Waals surface area contributed by atoms with Gasteiger partial charge in [-0.3, -0.25) is 4.57 Å². The van der Waals surface area contributed by atoms with Gasteiger partial charge in [-0.25, -0.2) is 4.98 Å². The summed E-state index contributed by atoms with van der Waals surface area (Å²) >= 11 is 18.1. The first kappa shape index (κ1) is 12.8. The largest absolute Gasteiger partial charge is 0.295 e. The summed E-state index contributed by atoms with van der Waals surface area (Å²) in [4.78, 5) is 4.50. The molecule has 2 aromatic carbocycles. The zero-order valence-corrected chi connectivity index (χ0v) is 12.0. The molecule has 3 aromatic rings. The third-order valence-corrected chi connectivity index (χ3v) is 3.86. The minimum Gasteiger partial charge on any atom is -0.295 e. The topological polar surface area (TPSA) is 17.8 Å². The highest BCUT2D eigenvalue weighted by atomic mass is 35.5. The molecule has 0 bridgehead atoms. The number of para-hydroxylation sites is 1. The van der Waals surface area contributed by atoms with Crippen LogP contribution < -0.4 is 0 Å². The van der Waals surface area contributed by atoms with Crippen molar-refractivity contribution in [3.63, 3.8) is 0 Å². The molecular weight excluding hydrogens is 303 g/mol. The molecule has 0 N–H and O–H groups in total. The summed E-state index contributed by atoms with van der Waals surface area (Å²) in [6.45, 7) is 0. The minimum atomic E-state index is 0.318. The molecule has 0 saturated carbocycles. The summed E-state index contributed by atoms with van der Waals surface area (Å²) < 4.78 is 1.99. The van der Waals surface area contributed by atoms with Gasteiger partial charge in [0, 0.05) is 5.69 Å². The van der Waals surface area contributed by atoms with Crippen LogP contribution in [0.5, 0.6) is 0 Å². The molecule has 0 amide bonds. The van der Waals surface area contributed by atoms with Gasteiger partial charge in [-0.1, -0.05) is 41.4 Å². The lowest BCUT2D eigenvalue weighted by Crippen LogP contribution is -1.98. The molecule has 96 valence electrons. The van der Waals surface area contributed by atoms with E-state index in [9.17, 15) is 0 Å². The lowest BCUT2D eigenvalue weighted by atomic mass is 10.3. The molecule has 0 unspecified atom stereocenters. The Labute approximate surface area is 125 Å². The van der Waals surface area contributed by atoms with Crippen molar-refractivity contribution in [1.82, 2.24) is 9.55 Å². The van der Waals surface area contributed by atoms with Crippen LogP contribution in [0, 0.1) is 0 Å². The molecule has 1 aromatic heterocycles. The number of nitrogens with zero attached hydrogens (tertiary/aromatic N) is 2. The Balaban J connectivity index is 2.36. The van der Waals surface area contributed by atoms with Crippen LogP contribution in [0.25, 0.3) is 16.7 Å². The lowest BCUT2D eigenvalue weighted by Gasteiger charge is -2.07. The second-order valence-electron chi connectivity index (χ2n) is 4.09. The van der Waals surface area contributed by atoms with Gasteiger partial charge in [-0.15, -0.1) is 11.6 Å². The van der Waals surface area contributed by atoms with Crippen LogP contribution >= 0.6 is 34.8 Å². The fourth-order valence-electron chi connectivity index (χ4n) is 2.08. The van der Waals surface area contributed by atoms with E-state index in [4.69, 9.17) is 34.8 Å². The molecule has 0 radical (unpaired) electrons. The Bertz CT molecular complexity index is 735. The summed E-state index contributed by atoms with van der Waals surface area (Å²) in [7, 11) is 0. The Morgan fingerprint density at radius 2 is 1.68 bits per heavy atom. The monoisotopic (exact) mass is 310 g/mol. The predicted molar refractivity (Wildman–Crippen MR) is 80.6 cm³/mol. The molecule has 0 spiro atoms. The molecule has 2 nitrogen and oxygen atoms in total. The fourth-order valence-corrected chi connectivity index (χ4v) is 2.57. The first-order valence-corrected chi connectivity index (χ1v) is 6.97. The molecule has 19 heavy (non-hydrogen) atoms. The maximum absolute atomic E-state index is 6.09. The Morgan fingerprint density at radius 1 is 1.00 bits per heavy atom. The van der Waals surface area contributed by atoms with Crippen molar-refractivity contribution in [2.75, 3.05) is 0 Å². The summed E-state index contributed by atoms with van der Waals surface area (Å²) in [5.41, 5.74) is 2.68. The van der Waals surface area contributed by atoms with Gasteiger partial charge in [-0.05, 0) is 24.3 Å². The summed E-state index contributed by atoms with van der Waals surface area (Å²) in [5, 5.41) is 1.00. The van der Waals surface area contributed by atoms with Crippen LogP contribution in [0.4, 0.5) is 0 Å². The Kier molecular flexibility index (Phi) is 3.40. The average Bonchev–Trinajstić information content (AvgIpc) is 2.78. The van der Waals surface area contributed by atoms with E-state index >= 15 is 0 Å². The van der Waals surface area contributed by atoms with Gasteiger partial charge in [0.15, 0.2) is 0 Å². The second-order valence-corrected chi connectivity index (χ2v) is 5.17. The third-order valence-electron chi connectivity index (χ3n) is 2.90. The zero-order chi connectivity index (χ0) is 13.4. The van der Waals surface area contributed by atoms with Gasteiger partial charge in [0.05, 0.1) is 27.0 Å². The van der Waals surface area contributed by atoms with Crippen molar-refractivity contribution in [1.29, 1.82) is 0 Å². The number of hydrogen-bond donors (Lipinski definition) is 0. The van der Waals surface area contributed by atoms with E-state index in [2.05, 4.69) is 4.98 Å². The van der Waals surface area contributed by atoms with Crippen molar-refractivity contribution >= 4 is 45.8 Å². The van der Waals surface area contributed by atoms with E-state index in [0.717, 1.165) is 22.5 Å². The van der Waals surface area contributed by atoms with Crippen LogP contribution in [-0.4, -0.2) is 9.55 Å². The number of imidazole rings is 1. The van der Waals surface area contributed by atoms with E-state index in [0.29, 0.717) is 15.9 Å². The van der Waals surface area contributed by atoms with Crippen LogP contribution in [0.15, 0.2) is 42.5 Å². The molecule has 0 saturated heterocycles. The van der Waals surface area contributed by atoms with E-state index in [-0.39, 0.29) is 0 Å². The fraction of sp³-hybridized carbons (Fsp3) is 0.0714. The molecular formula is C14H9Cl3N2. The SMILES string of the molecule is ClCc1nc2cc(Cl)c(Cl)cc2n1-c1ccccc1. The molecule has 0 fully saturated rings. The molecule has 0 aliphatic rings. The van der Waals surface area contributed by atoms with E-state index in [1.165, 1.54) is 0 Å². The third kappa shape index (κ3) is 2.20. The van der Waals surface area contributed by atoms with Crippen molar-refractivity contribution in [2.45, 2.75) is 5.88 Å². The molecule has 1 heterocycles. The van der Waals surface area contributed by atoms with Crippen LogP contribution in [-0.2, 0) is 5.88 Å². The molecule has 3 rings (SSSR count). The van der Waals surface area contributed by atoms with Gasteiger partial charge >= 0.3 is 0 Å². The first-order chi connectivity index (χ1) is 9.20. The zero-order valence-electron chi connectivity index (χ0n) is 9.78. The molecule has 5 heteroatoms. The quantitative estimate of drug-likeness (QED) is 0.604. The molecule has 0 aliphatic heterocycles. The van der Waals surface area contributed by atoms with Gasteiger partial charge in [0.2, 0.25) is 0 Å². The summed E-state index contributed by atoms with van der Waals surface area (Å²) in [6.07, 6.45) is 0. The van der Waals surface area contributed by atoms with Gasteiger partial charge in [-0.2, -0.15) is 0 Å². The van der Waals surface area contributed by atoms with Crippen LogP contribution in [0.2, 0.25) is 10.0 Å². The van der Waals surface area contributed by atoms with Crippen LogP contribution in [0.1, 0.15) is 5.82 Å². The van der Waals surface area contributed by atoms with Crippen molar-refractivity contribution in [3.8, 4) is 5.69 Å². The van der Waals surface area contributed by atoms with Gasteiger partial charge in [0.1, 0.15) is 5.82 Å². The smallest absolute Gasteiger partial charge is 0.129 e. The van der Waals surface area contributed by atoms with E-state index < -0.39 is 0 Å². The van der Waals surface area contributed by atoms with Crippen molar-refractivity contribution < 1.29 is 0 Å². The number of rotatable bonds is 2. The summed E-state index contributed by atoms with van der Waals surface area (Å²) in [5.74, 6) is 1.08. The summed E-state index contributed by atoms with van der Waals surface area (Å²) in [6, 6.07) is 13.5. The normalized spacial score (nSPS) is 11.1. The van der Waals surface area contributed by atoms with E-state index in [1.807, 2.05) is 41.0 Å². The lowest BCUT2D eigenvalue weighted by molar-refractivity contribution is 0.982. The maximum Gasteiger partial charge on any atom is 0.129 e. The minimum absolute atomic E-state index is 0.318. The highest BCUT2D eigenvalue weighted by molar-refractivity contribution is 6.42. The van der Waals surface area contributed by atoms with Gasteiger partial charge < -0.3 is 0 Å². The van der Waals surface area contributed by atoms with E-state index in [1.54, 1.807) is 6.07 Å². The van der Waals surface area contributed by atoms with Crippen LogP contribution in [0.3, 0.4) is 0 Å². The number of fused-ring (bicyclic) bond motifs is 1. The number of benzene rings is 2. The molecule has 0 atom stereocenters. The highest BCUT2D eigenvalue weighted by Crippen LogP contribution is 2.30. The number of alkyl halides is 1.